The van der Waals surface area contributed by atoms with Crippen LogP contribution in [0.4, 0.5) is 19.0 Å². The largest absolute Gasteiger partial charge is 0.480 e. The highest BCUT2D eigenvalue weighted by Crippen LogP contribution is 2.38. The number of halogens is 4. The molecule has 4 rings (SSSR count). The number of anilines is 1. The summed E-state index contributed by atoms with van der Waals surface area (Å²) in [4.78, 5) is 11.0. The standard InChI is InChI=1S/C22H16ClF3N4O3S/c1-22(25,26)15-10-12(9-13-11-27-21(24)29-19(13)15)14-7-8-18(28-20(14)33-2)30-34(31,32)17-6-4-3-5-16(17)23/h3-11H,1-2H3,(H,28,30). The van der Waals surface area contributed by atoms with E-state index in [9.17, 15) is 21.6 Å². The Bertz CT molecular complexity index is 1510. The fourth-order valence-electron chi connectivity index (χ4n) is 3.34. The van der Waals surface area contributed by atoms with Crippen molar-refractivity contribution in [2.24, 2.45) is 0 Å². The Morgan fingerprint density at radius 3 is 2.50 bits per heavy atom. The van der Waals surface area contributed by atoms with Crippen LogP contribution >= 0.6 is 11.6 Å². The molecule has 12 heteroatoms. The SMILES string of the molecule is COc1nc(NS(=O)(=O)c2ccccc2Cl)ccc1-c1cc(C(C)(F)F)c2nc(F)ncc2c1. The van der Waals surface area contributed by atoms with Crippen LogP contribution in [-0.2, 0) is 15.9 Å². The summed E-state index contributed by atoms with van der Waals surface area (Å²) in [6.45, 7) is 0.674. The number of ether oxygens (including phenoxy) is 1. The van der Waals surface area contributed by atoms with Gasteiger partial charge in [0.05, 0.1) is 17.6 Å². The Morgan fingerprint density at radius 2 is 1.82 bits per heavy atom. The third-order valence-corrected chi connectivity index (χ3v) is 6.71. The molecule has 2 heterocycles. The molecule has 0 aliphatic rings. The molecule has 7 nitrogen and oxygen atoms in total. The molecule has 0 radical (unpaired) electrons. The summed E-state index contributed by atoms with van der Waals surface area (Å²) in [6, 6.07) is 11.3. The summed E-state index contributed by atoms with van der Waals surface area (Å²) >= 11 is 5.99. The fourth-order valence-corrected chi connectivity index (χ4v) is 4.86. The summed E-state index contributed by atoms with van der Waals surface area (Å²) in [6.07, 6.45) is -0.0252. The van der Waals surface area contributed by atoms with E-state index < -0.39 is 27.6 Å². The zero-order valence-electron chi connectivity index (χ0n) is 17.7. The second-order valence-corrected chi connectivity index (χ2v) is 9.34. The second-order valence-electron chi connectivity index (χ2n) is 7.28. The van der Waals surface area contributed by atoms with E-state index in [-0.39, 0.29) is 38.1 Å². The first-order valence-corrected chi connectivity index (χ1v) is 11.5. The molecule has 0 aliphatic heterocycles. The molecule has 0 fully saturated rings. The molecule has 176 valence electrons. The van der Waals surface area contributed by atoms with Crippen LogP contribution in [0.3, 0.4) is 0 Å². The predicted octanol–water partition coefficient (Wildman–Crippen LogP) is 5.41. The molecule has 0 atom stereocenters. The van der Waals surface area contributed by atoms with Gasteiger partial charge in [0.1, 0.15) is 10.7 Å². The number of rotatable bonds is 6. The number of hydrogen-bond acceptors (Lipinski definition) is 6. The number of benzene rings is 2. The minimum absolute atomic E-state index is 0.0291. The molecule has 0 saturated heterocycles. The summed E-state index contributed by atoms with van der Waals surface area (Å²) in [5.74, 6) is -3.44. The van der Waals surface area contributed by atoms with E-state index in [0.717, 1.165) is 12.3 Å². The minimum atomic E-state index is -4.06. The first kappa shape index (κ1) is 23.7. The van der Waals surface area contributed by atoms with Gasteiger partial charge in [0, 0.05) is 29.6 Å². The molecule has 0 saturated carbocycles. The normalized spacial score (nSPS) is 12.1. The third kappa shape index (κ3) is 4.62. The van der Waals surface area contributed by atoms with E-state index in [4.69, 9.17) is 16.3 Å². The zero-order valence-corrected chi connectivity index (χ0v) is 19.3. The third-order valence-electron chi connectivity index (χ3n) is 4.86. The summed E-state index contributed by atoms with van der Waals surface area (Å²) < 4.78 is 75.2. The van der Waals surface area contributed by atoms with Crippen LogP contribution in [0.1, 0.15) is 12.5 Å². The van der Waals surface area contributed by atoms with E-state index in [1.54, 1.807) is 6.07 Å². The number of pyridine rings is 1. The van der Waals surface area contributed by atoms with Crippen LogP contribution in [-0.4, -0.2) is 30.5 Å². The number of nitrogens with one attached hydrogen (secondary N) is 1. The number of fused-ring (bicyclic) bond motifs is 1. The molecular weight excluding hydrogens is 493 g/mol. The second kappa shape index (κ2) is 8.73. The van der Waals surface area contributed by atoms with Gasteiger partial charge in [0.15, 0.2) is 0 Å². The average molecular weight is 509 g/mol. The monoisotopic (exact) mass is 508 g/mol. The molecule has 4 aromatic rings. The Labute approximate surface area is 197 Å². The highest BCUT2D eigenvalue weighted by molar-refractivity contribution is 7.92. The van der Waals surface area contributed by atoms with Crippen molar-refractivity contribution < 1.29 is 26.3 Å². The fraction of sp³-hybridized carbons (Fsp3) is 0.136. The quantitative estimate of drug-likeness (QED) is 0.350. The Hall–Kier alpha value is -3.44. The van der Waals surface area contributed by atoms with E-state index in [0.29, 0.717) is 12.5 Å². The van der Waals surface area contributed by atoms with E-state index in [1.807, 2.05) is 0 Å². The van der Waals surface area contributed by atoms with E-state index in [2.05, 4.69) is 19.7 Å². The maximum absolute atomic E-state index is 14.3. The molecule has 0 bridgehead atoms. The van der Waals surface area contributed by atoms with Crippen molar-refractivity contribution in [2.75, 3.05) is 11.8 Å². The highest BCUT2D eigenvalue weighted by Gasteiger charge is 2.29. The van der Waals surface area contributed by atoms with Crippen molar-refractivity contribution >= 4 is 38.3 Å². The molecular formula is C22H16ClF3N4O3S. The molecule has 1 N–H and O–H groups in total. The van der Waals surface area contributed by atoms with Crippen molar-refractivity contribution in [2.45, 2.75) is 17.7 Å². The maximum atomic E-state index is 14.3. The predicted molar refractivity (Wildman–Crippen MR) is 121 cm³/mol. The van der Waals surface area contributed by atoms with Crippen molar-refractivity contribution in [1.82, 2.24) is 15.0 Å². The molecule has 0 unspecified atom stereocenters. The lowest BCUT2D eigenvalue weighted by molar-refractivity contribution is 0.0189. The van der Waals surface area contributed by atoms with Crippen LogP contribution in [0.5, 0.6) is 5.88 Å². The molecule has 34 heavy (non-hydrogen) atoms. The van der Waals surface area contributed by atoms with E-state index in [1.165, 1.54) is 43.5 Å². The average Bonchev–Trinajstić information content (AvgIpc) is 2.77. The Morgan fingerprint density at radius 1 is 1.09 bits per heavy atom. The van der Waals surface area contributed by atoms with Gasteiger partial charge in [-0.05, 0) is 42.0 Å². The van der Waals surface area contributed by atoms with Gasteiger partial charge >= 0.3 is 6.08 Å². The van der Waals surface area contributed by atoms with Gasteiger partial charge in [-0.1, -0.05) is 23.7 Å². The lowest BCUT2D eigenvalue weighted by Crippen LogP contribution is -2.14. The topological polar surface area (TPSA) is 94.1 Å². The van der Waals surface area contributed by atoms with Crippen molar-refractivity contribution in [3.05, 3.63) is 71.4 Å². The number of alkyl halides is 2. The number of aromatic nitrogens is 3. The Balaban J connectivity index is 1.80. The number of methoxy groups -OCH3 is 1. The van der Waals surface area contributed by atoms with Crippen LogP contribution in [0.15, 0.2) is 59.6 Å². The lowest BCUT2D eigenvalue weighted by atomic mass is 9.98. The summed E-state index contributed by atoms with van der Waals surface area (Å²) in [5, 5.41) is 0.211. The molecule has 0 aliphatic carbocycles. The smallest absolute Gasteiger partial charge is 0.309 e. The molecule has 2 aromatic heterocycles. The van der Waals surface area contributed by atoms with Gasteiger partial charge < -0.3 is 4.74 Å². The van der Waals surface area contributed by atoms with Gasteiger partial charge in [-0.2, -0.15) is 9.37 Å². The van der Waals surface area contributed by atoms with Gasteiger partial charge in [0.2, 0.25) is 5.88 Å². The number of nitrogens with zero attached hydrogens (tertiary/aromatic N) is 3. The van der Waals surface area contributed by atoms with Gasteiger partial charge in [-0.3, -0.25) is 4.72 Å². The molecule has 0 spiro atoms. The number of sulfonamides is 1. The number of hydrogen-bond donors (Lipinski definition) is 1. The van der Waals surface area contributed by atoms with Crippen molar-refractivity contribution in [3.8, 4) is 17.0 Å². The van der Waals surface area contributed by atoms with E-state index >= 15 is 0 Å². The summed E-state index contributed by atoms with van der Waals surface area (Å²) in [5.41, 5.74) is -0.171. The van der Waals surface area contributed by atoms with Crippen LogP contribution < -0.4 is 9.46 Å². The Kier molecular flexibility index (Phi) is 6.09. The first-order chi connectivity index (χ1) is 16.0. The van der Waals surface area contributed by atoms with Crippen LogP contribution in [0, 0.1) is 6.08 Å². The first-order valence-electron chi connectivity index (χ1n) is 9.67. The summed E-state index contributed by atoms with van der Waals surface area (Å²) in [7, 11) is -2.76. The van der Waals surface area contributed by atoms with Gasteiger partial charge in [0.25, 0.3) is 15.9 Å². The molecule has 0 amide bonds. The van der Waals surface area contributed by atoms with Crippen molar-refractivity contribution in [3.63, 3.8) is 0 Å². The molecule has 2 aromatic carbocycles. The van der Waals surface area contributed by atoms with Crippen LogP contribution in [0.2, 0.25) is 5.02 Å². The zero-order chi connectivity index (χ0) is 24.7. The highest BCUT2D eigenvalue weighted by atomic mass is 35.5. The lowest BCUT2D eigenvalue weighted by Gasteiger charge is -2.16. The van der Waals surface area contributed by atoms with Gasteiger partial charge in [-0.15, -0.1) is 0 Å². The minimum Gasteiger partial charge on any atom is -0.480 e. The van der Waals surface area contributed by atoms with Gasteiger partial charge in [-0.25, -0.2) is 27.2 Å². The maximum Gasteiger partial charge on any atom is 0.309 e. The van der Waals surface area contributed by atoms with Crippen molar-refractivity contribution in [1.29, 1.82) is 0 Å². The van der Waals surface area contributed by atoms with Crippen LogP contribution in [0.25, 0.3) is 22.0 Å².